The van der Waals surface area contributed by atoms with Gasteiger partial charge in [0.2, 0.25) is 0 Å². The van der Waals surface area contributed by atoms with Crippen molar-refractivity contribution >= 4 is 0 Å². The Morgan fingerprint density at radius 3 is 2.78 bits per heavy atom. The second-order valence-corrected chi connectivity index (χ2v) is 5.09. The van der Waals surface area contributed by atoms with E-state index in [-0.39, 0.29) is 0 Å². The Hall–Kier alpha value is -0.900. The molecule has 1 atom stereocenters. The summed E-state index contributed by atoms with van der Waals surface area (Å²) >= 11 is 0. The number of hydrogen-bond donors (Lipinski definition) is 1. The van der Waals surface area contributed by atoms with Crippen LogP contribution in [0.1, 0.15) is 58.1 Å². The highest BCUT2D eigenvalue weighted by Gasteiger charge is 2.08. The molecule has 2 N–H and O–H groups in total. The first-order valence-electron chi connectivity index (χ1n) is 7.39. The van der Waals surface area contributed by atoms with E-state index in [1.807, 2.05) is 4.68 Å². The first-order valence-corrected chi connectivity index (χ1v) is 7.39. The zero-order valence-corrected chi connectivity index (χ0v) is 11.9. The molecule has 0 aromatic carbocycles. The summed E-state index contributed by atoms with van der Waals surface area (Å²) in [7, 11) is 0. The molecule has 0 aliphatic heterocycles. The van der Waals surface area contributed by atoms with Crippen molar-refractivity contribution in [1.29, 1.82) is 0 Å². The highest BCUT2D eigenvalue weighted by molar-refractivity contribution is 4.92. The molecule has 1 aromatic heterocycles. The van der Waals surface area contributed by atoms with Crippen LogP contribution in [0, 0.1) is 5.92 Å². The van der Waals surface area contributed by atoms with E-state index in [1.54, 1.807) is 0 Å². The van der Waals surface area contributed by atoms with Crippen LogP contribution in [0.15, 0.2) is 6.20 Å². The van der Waals surface area contributed by atoms with Gasteiger partial charge >= 0.3 is 0 Å². The fourth-order valence-electron chi connectivity index (χ4n) is 2.17. The van der Waals surface area contributed by atoms with E-state index in [1.165, 1.54) is 25.7 Å². The second-order valence-electron chi connectivity index (χ2n) is 5.09. The Kier molecular flexibility index (Phi) is 7.65. The molecule has 1 unspecified atom stereocenters. The highest BCUT2D eigenvalue weighted by Crippen LogP contribution is 2.14. The van der Waals surface area contributed by atoms with E-state index in [9.17, 15) is 0 Å². The van der Waals surface area contributed by atoms with Gasteiger partial charge in [-0.1, -0.05) is 38.3 Å². The summed E-state index contributed by atoms with van der Waals surface area (Å²) in [6.07, 6.45) is 10.4. The maximum absolute atomic E-state index is 5.49. The van der Waals surface area contributed by atoms with Gasteiger partial charge in [0.1, 0.15) is 0 Å². The molecule has 0 fully saturated rings. The van der Waals surface area contributed by atoms with Gasteiger partial charge in [0, 0.05) is 12.7 Å². The van der Waals surface area contributed by atoms with Crippen molar-refractivity contribution in [2.24, 2.45) is 11.7 Å². The van der Waals surface area contributed by atoms with Gasteiger partial charge in [0.25, 0.3) is 0 Å². The van der Waals surface area contributed by atoms with Crippen LogP contribution in [-0.4, -0.2) is 21.5 Å². The number of unbranched alkanes of at least 4 members (excludes halogenated alkanes) is 2. The smallest absolute Gasteiger partial charge is 0.0827 e. The van der Waals surface area contributed by atoms with Gasteiger partial charge in [-0.05, 0) is 38.1 Å². The van der Waals surface area contributed by atoms with Crippen molar-refractivity contribution in [2.45, 2.75) is 65.3 Å². The number of hydrogen-bond acceptors (Lipinski definition) is 3. The quantitative estimate of drug-likeness (QED) is 0.651. The van der Waals surface area contributed by atoms with Gasteiger partial charge in [-0.15, -0.1) is 5.10 Å². The number of rotatable bonds is 10. The SMILES string of the molecule is CCCCC(CC)Cn1cc(CCCCN)nn1. The minimum atomic E-state index is 0.739. The average Bonchev–Trinajstić information content (AvgIpc) is 2.82. The van der Waals surface area contributed by atoms with Crippen molar-refractivity contribution in [1.82, 2.24) is 15.0 Å². The molecule has 0 aliphatic carbocycles. The molecule has 4 nitrogen and oxygen atoms in total. The number of nitrogens with two attached hydrogens (primary N) is 1. The largest absolute Gasteiger partial charge is 0.330 e. The van der Waals surface area contributed by atoms with Crippen LogP contribution < -0.4 is 5.73 Å². The molecule has 4 heteroatoms. The summed E-state index contributed by atoms with van der Waals surface area (Å²) in [6, 6.07) is 0. The van der Waals surface area contributed by atoms with Crippen molar-refractivity contribution < 1.29 is 0 Å². The molecule has 0 saturated heterocycles. The van der Waals surface area contributed by atoms with E-state index < -0.39 is 0 Å². The Bertz CT molecular complexity index is 308. The van der Waals surface area contributed by atoms with Gasteiger partial charge in [0.05, 0.1) is 5.69 Å². The fraction of sp³-hybridized carbons (Fsp3) is 0.857. The molecular weight excluding hydrogens is 224 g/mol. The molecule has 18 heavy (non-hydrogen) atoms. The molecule has 0 amide bonds. The molecule has 0 bridgehead atoms. The van der Waals surface area contributed by atoms with Gasteiger partial charge in [-0.25, -0.2) is 0 Å². The Labute approximate surface area is 111 Å². The minimum Gasteiger partial charge on any atom is -0.330 e. The van der Waals surface area contributed by atoms with Crippen molar-refractivity contribution in [2.75, 3.05) is 6.54 Å². The maximum atomic E-state index is 5.49. The summed E-state index contributed by atoms with van der Waals surface area (Å²) in [4.78, 5) is 0. The zero-order chi connectivity index (χ0) is 13.2. The predicted octanol–water partition coefficient (Wildman–Crippen LogP) is 2.78. The predicted molar refractivity (Wildman–Crippen MR) is 75.3 cm³/mol. The molecule has 0 radical (unpaired) electrons. The third-order valence-corrected chi connectivity index (χ3v) is 3.46. The van der Waals surface area contributed by atoms with Crippen molar-refractivity contribution in [3.63, 3.8) is 0 Å². The van der Waals surface area contributed by atoms with Crippen LogP contribution in [0.25, 0.3) is 0 Å². The summed E-state index contributed by atoms with van der Waals surface area (Å²) in [5, 5.41) is 8.45. The maximum Gasteiger partial charge on any atom is 0.0827 e. The summed E-state index contributed by atoms with van der Waals surface area (Å²) in [6.45, 7) is 6.29. The third-order valence-electron chi connectivity index (χ3n) is 3.46. The average molecular weight is 252 g/mol. The lowest BCUT2D eigenvalue weighted by Gasteiger charge is -2.13. The monoisotopic (exact) mass is 252 g/mol. The summed E-state index contributed by atoms with van der Waals surface area (Å²) in [5.74, 6) is 0.739. The molecule has 1 aromatic rings. The van der Waals surface area contributed by atoms with Crippen LogP contribution in [0.2, 0.25) is 0 Å². The summed E-state index contributed by atoms with van der Waals surface area (Å²) in [5.41, 5.74) is 6.59. The molecule has 1 heterocycles. The number of aryl methyl sites for hydroxylation is 1. The minimum absolute atomic E-state index is 0.739. The second kappa shape index (κ2) is 9.09. The molecule has 0 aliphatic rings. The van der Waals surface area contributed by atoms with Gasteiger partial charge < -0.3 is 5.73 Å². The highest BCUT2D eigenvalue weighted by atomic mass is 15.4. The van der Waals surface area contributed by atoms with Crippen LogP contribution in [0.4, 0.5) is 0 Å². The van der Waals surface area contributed by atoms with E-state index in [2.05, 4.69) is 30.4 Å². The van der Waals surface area contributed by atoms with Gasteiger partial charge in [0.15, 0.2) is 0 Å². The summed E-state index contributed by atoms with van der Waals surface area (Å²) < 4.78 is 2.02. The Morgan fingerprint density at radius 1 is 1.28 bits per heavy atom. The Balaban J connectivity index is 2.36. The van der Waals surface area contributed by atoms with Crippen LogP contribution in [0.5, 0.6) is 0 Å². The van der Waals surface area contributed by atoms with Crippen LogP contribution in [-0.2, 0) is 13.0 Å². The number of nitrogens with zero attached hydrogens (tertiary/aromatic N) is 3. The lowest BCUT2D eigenvalue weighted by molar-refractivity contribution is 0.368. The normalized spacial score (nSPS) is 12.8. The first kappa shape index (κ1) is 15.2. The van der Waals surface area contributed by atoms with Crippen LogP contribution >= 0.6 is 0 Å². The van der Waals surface area contributed by atoms with E-state index in [0.717, 1.165) is 44.0 Å². The van der Waals surface area contributed by atoms with E-state index in [4.69, 9.17) is 5.73 Å². The zero-order valence-electron chi connectivity index (χ0n) is 11.9. The lowest BCUT2D eigenvalue weighted by atomic mass is 9.99. The lowest BCUT2D eigenvalue weighted by Crippen LogP contribution is -2.10. The van der Waals surface area contributed by atoms with E-state index in [0.29, 0.717) is 0 Å². The van der Waals surface area contributed by atoms with Gasteiger partial charge in [-0.2, -0.15) is 0 Å². The first-order chi connectivity index (χ1) is 8.80. The Morgan fingerprint density at radius 2 is 2.11 bits per heavy atom. The van der Waals surface area contributed by atoms with Crippen molar-refractivity contribution in [3.8, 4) is 0 Å². The topological polar surface area (TPSA) is 56.7 Å². The standard InChI is InChI=1S/C14H28N4/c1-3-5-8-13(4-2)11-18-12-14(16-17-18)9-6-7-10-15/h12-13H,3-11,15H2,1-2H3. The third kappa shape index (κ3) is 5.63. The number of aromatic nitrogens is 3. The molecule has 1 rings (SSSR count). The molecule has 0 saturated carbocycles. The molecule has 104 valence electrons. The van der Waals surface area contributed by atoms with E-state index >= 15 is 0 Å². The molecule has 0 spiro atoms. The van der Waals surface area contributed by atoms with Gasteiger partial charge in [-0.3, -0.25) is 4.68 Å². The van der Waals surface area contributed by atoms with Crippen LogP contribution in [0.3, 0.4) is 0 Å². The fourth-order valence-corrected chi connectivity index (χ4v) is 2.17. The molecular formula is C14H28N4. The van der Waals surface area contributed by atoms with Crippen molar-refractivity contribution in [3.05, 3.63) is 11.9 Å².